The number of esters is 1. The van der Waals surface area contributed by atoms with Crippen molar-refractivity contribution in [1.82, 2.24) is 0 Å². The minimum Gasteiger partial charge on any atom is -0.451 e. The number of ketones is 1. The lowest BCUT2D eigenvalue weighted by molar-refractivity contribution is -0.117. The number of hydrogen-bond acceptors (Lipinski definition) is 5. The van der Waals surface area contributed by atoms with Gasteiger partial charge < -0.3 is 14.4 Å². The maximum atomic E-state index is 12.4. The van der Waals surface area contributed by atoms with Gasteiger partial charge in [-0.25, -0.2) is 4.79 Å². The first-order valence-corrected chi connectivity index (χ1v) is 9.05. The van der Waals surface area contributed by atoms with Crippen molar-refractivity contribution in [3.8, 4) is 5.75 Å². The van der Waals surface area contributed by atoms with E-state index in [0.717, 1.165) is 6.42 Å². The smallest absolute Gasteiger partial charge is 0.387 e. The maximum absolute atomic E-state index is 12.4. The lowest BCUT2D eigenvalue weighted by Crippen LogP contribution is -2.25. The first-order valence-electron chi connectivity index (χ1n) is 9.05. The van der Waals surface area contributed by atoms with Gasteiger partial charge in [0.2, 0.25) is 11.7 Å². The molecule has 0 bridgehead atoms. The Morgan fingerprint density at radius 3 is 2.17 bits per heavy atom. The van der Waals surface area contributed by atoms with Crippen molar-refractivity contribution in [2.75, 3.05) is 11.4 Å². The van der Waals surface area contributed by atoms with E-state index in [1.54, 1.807) is 17.0 Å². The molecule has 1 amide bonds. The number of alkyl halides is 2. The van der Waals surface area contributed by atoms with Crippen LogP contribution >= 0.6 is 0 Å². The van der Waals surface area contributed by atoms with E-state index in [9.17, 15) is 23.2 Å². The zero-order chi connectivity index (χ0) is 21.0. The highest BCUT2D eigenvalue weighted by atomic mass is 19.3. The molecule has 152 valence electrons. The van der Waals surface area contributed by atoms with Crippen LogP contribution in [0, 0.1) is 0 Å². The third-order valence-corrected chi connectivity index (χ3v) is 4.51. The quantitative estimate of drug-likeness (QED) is 0.519. The van der Waals surface area contributed by atoms with Crippen molar-refractivity contribution in [3.05, 3.63) is 59.7 Å². The summed E-state index contributed by atoms with van der Waals surface area (Å²) in [5, 5.41) is 0. The highest BCUT2D eigenvalue weighted by Crippen LogP contribution is 2.22. The second-order valence-corrected chi connectivity index (χ2v) is 6.51. The normalized spacial score (nSPS) is 14.8. The number of hydrogen-bond donors (Lipinski definition) is 0. The SMILES string of the molecule is C[C@H](OC(=O)c1ccc(N2CCCC2=O)cc1)C(=O)c1ccc(OC(F)F)cc1. The number of benzene rings is 2. The van der Waals surface area contributed by atoms with Crippen molar-refractivity contribution in [2.45, 2.75) is 32.5 Å². The molecule has 0 N–H and O–H groups in total. The fourth-order valence-electron chi connectivity index (χ4n) is 3.02. The molecule has 0 aliphatic carbocycles. The van der Waals surface area contributed by atoms with Crippen molar-refractivity contribution in [1.29, 1.82) is 0 Å². The molecule has 8 heteroatoms. The van der Waals surface area contributed by atoms with Crippen LogP contribution in [-0.2, 0) is 9.53 Å². The summed E-state index contributed by atoms with van der Waals surface area (Å²) in [5.74, 6) is -1.17. The number of nitrogens with zero attached hydrogens (tertiary/aromatic N) is 1. The molecular formula is C21H19F2NO5. The summed E-state index contributed by atoms with van der Waals surface area (Å²) in [6.07, 6.45) is 0.250. The van der Waals surface area contributed by atoms with Crippen LogP contribution in [-0.4, -0.2) is 36.9 Å². The zero-order valence-corrected chi connectivity index (χ0v) is 15.6. The Kier molecular flexibility index (Phi) is 6.21. The van der Waals surface area contributed by atoms with Gasteiger partial charge in [0.05, 0.1) is 5.56 Å². The van der Waals surface area contributed by atoms with E-state index in [-0.39, 0.29) is 22.8 Å². The minimum atomic E-state index is -2.95. The van der Waals surface area contributed by atoms with Gasteiger partial charge >= 0.3 is 12.6 Å². The van der Waals surface area contributed by atoms with E-state index in [0.29, 0.717) is 18.7 Å². The molecule has 0 radical (unpaired) electrons. The molecule has 2 aromatic rings. The van der Waals surface area contributed by atoms with Gasteiger partial charge in [-0.05, 0) is 61.9 Å². The summed E-state index contributed by atoms with van der Waals surface area (Å²) in [4.78, 5) is 38.1. The number of carbonyl (C=O) groups is 3. The second-order valence-electron chi connectivity index (χ2n) is 6.51. The van der Waals surface area contributed by atoms with Crippen molar-refractivity contribution in [3.63, 3.8) is 0 Å². The van der Waals surface area contributed by atoms with E-state index in [4.69, 9.17) is 4.74 Å². The van der Waals surface area contributed by atoms with Gasteiger partial charge in [0.1, 0.15) is 5.75 Å². The summed E-state index contributed by atoms with van der Waals surface area (Å²) in [6.45, 7) is -0.873. The fraction of sp³-hybridized carbons (Fsp3) is 0.286. The average Bonchev–Trinajstić information content (AvgIpc) is 3.13. The van der Waals surface area contributed by atoms with E-state index < -0.39 is 24.5 Å². The Morgan fingerprint density at radius 1 is 1.00 bits per heavy atom. The molecule has 1 saturated heterocycles. The second kappa shape index (κ2) is 8.81. The molecule has 0 unspecified atom stereocenters. The molecule has 0 saturated carbocycles. The topological polar surface area (TPSA) is 72.9 Å². The number of ether oxygens (including phenoxy) is 2. The Hall–Kier alpha value is -3.29. The van der Waals surface area contributed by atoms with Gasteiger partial charge in [0, 0.05) is 24.2 Å². The van der Waals surface area contributed by atoms with Crippen molar-refractivity contribution < 1.29 is 32.6 Å². The molecule has 2 aromatic carbocycles. The molecule has 1 atom stereocenters. The van der Waals surface area contributed by atoms with Gasteiger partial charge in [0.15, 0.2) is 6.10 Å². The van der Waals surface area contributed by atoms with E-state index >= 15 is 0 Å². The maximum Gasteiger partial charge on any atom is 0.387 e. The molecule has 1 fully saturated rings. The zero-order valence-electron chi connectivity index (χ0n) is 15.6. The minimum absolute atomic E-state index is 0.0458. The Labute approximate surface area is 166 Å². The number of Topliss-reactive ketones (excluding diaryl/α,β-unsaturated/α-hetero) is 1. The van der Waals surface area contributed by atoms with Gasteiger partial charge in [-0.2, -0.15) is 8.78 Å². The van der Waals surface area contributed by atoms with Gasteiger partial charge in [-0.1, -0.05) is 0 Å². The van der Waals surface area contributed by atoms with Crippen LogP contribution in [0.5, 0.6) is 5.75 Å². The molecule has 1 heterocycles. The number of halogens is 2. The van der Waals surface area contributed by atoms with Crippen LogP contribution in [0.1, 0.15) is 40.5 Å². The molecule has 1 aliphatic rings. The summed E-state index contributed by atoms with van der Waals surface area (Å²) in [7, 11) is 0. The van der Waals surface area contributed by atoms with Crippen LogP contribution in [0.4, 0.5) is 14.5 Å². The number of anilines is 1. The average molecular weight is 403 g/mol. The molecule has 29 heavy (non-hydrogen) atoms. The molecular weight excluding hydrogens is 384 g/mol. The van der Waals surface area contributed by atoms with E-state index in [1.165, 1.54) is 43.3 Å². The third kappa shape index (κ3) is 4.96. The molecule has 0 aromatic heterocycles. The van der Waals surface area contributed by atoms with Crippen molar-refractivity contribution >= 4 is 23.3 Å². The van der Waals surface area contributed by atoms with Gasteiger partial charge in [-0.3, -0.25) is 9.59 Å². The van der Waals surface area contributed by atoms with Crippen LogP contribution in [0.15, 0.2) is 48.5 Å². The predicted octanol–water partition coefficient (Wildman–Crippen LogP) is 3.84. The number of rotatable bonds is 7. The van der Waals surface area contributed by atoms with Crippen LogP contribution in [0.25, 0.3) is 0 Å². The van der Waals surface area contributed by atoms with Crippen LogP contribution < -0.4 is 9.64 Å². The number of carbonyl (C=O) groups excluding carboxylic acids is 3. The fourth-order valence-corrected chi connectivity index (χ4v) is 3.02. The summed E-state index contributed by atoms with van der Waals surface area (Å²) < 4.78 is 33.8. The largest absolute Gasteiger partial charge is 0.451 e. The highest BCUT2D eigenvalue weighted by molar-refractivity contribution is 6.01. The van der Waals surface area contributed by atoms with E-state index in [2.05, 4.69) is 4.74 Å². The van der Waals surface area contributed by atoms with Crippen LogP contribution in [0.3, 0.4) is 0 Å². The molecule has 0 spiro atoms. The lowest BCUT2D eigenvalue weighted by atomic mass is 10.1. The predicted molar refractivity (Wildman–Crippen MR) is 100 cm³/mol. The Balaban J connectivity index is 1.60. The Bertz CT molecular complexity index is 896. The Morgan fingerprint density at radius 2 is 1.62 bits per heavy atom. The number of amides is 1. The van der Waals surface area contributed by atoms with Gasteiger partial charge in [-0.15, -0.1) is 0 Å². The first-order chi connectivity index (χ1) is 13.8. The lowest BCUT2D eigenvalue weighted by Gasteiger charge is -2.16. The third-order valence-electron chi connectivity index (χ3n) is 4.51. The van der Waals surface area contributed by atoms with Crippen molar-refractivity contribution in [2.24, 2.45) is 0 Å². The first kappa shape index (κ1) is 20.4. The molecule has 6 nitrogen and oxygen atoms in total. The standard InChI is InChI=1S/C21H19F2NO5/c1-13(19(26)14-6-10-17(11-7-14)29-21(22)23)28-20(27)15-4-8-16(9-5-15)24-12-2-3-18(24)25/h4-11,13,21H,2-3,12H2,1H3/t13-/m0/s1. The van der Waals surface area contributed by atoms with Gasteiger partial charge in [0.25, 0.3) is 0 Å². The highest BCUT2D eigenvalue weighted by Gasteiger charge is 2.23. The molecule has 1 aliphatic heterocycles. The summed E-state index contributed by atoms with van der Waals surface area (Å²) >= 11 is 0. The van der Waals surface area contributed by atoms with Crippen LogP contribution in [0.2, 0.25) is 0 Å². The summed E-state index contributed by atoms with van der Waals surface area (Å²) in [5.41, 5.74) is 1.16. The molecule has 3 rings (SSSR count). The summed E-state index contributed by atoms with van der Waals surface area (Å²) in [6, 6.07) is 11.5. The van der Waals surface area contributed by atoms with E-state index in [1.807, 2.05) is 0 Å². The monoisotopic (exact) mass is 403 g/mol.